The lowest BCUT2D eigenvalue weighted by Crippen LogP contribution is -2.47. The maximum absolute atomic E-state index is 3.61. The van der Waals surface area contributed by atoms with Crippen molar-refractivity contribution >= 4 is 0 Å². The Kier molecular flexibility index (Phi) is 6.97. The summed E-state index contributed by atoms with van der Waals surface area (Å²) in [6, 6.07) is 1.45. The zero-order chi connectivity index (χ0) is 15.2. The normalized spacial score (nSPS) is 36.6. The van der Waals surface area contributed by atoms with Crippen LogP contribution in [0.15, 0.2) is 0 Å². The molecule has 0 radical (unpaired) electrons. The molecule has 1 N–H and O–H groups in total. The van der Waals surface area contributed by atoms with Crippen LogP contribution in [0.2, 0.25) is 0 Å². The third-order valence-corrected chi connectivity index (χ3v) is 5.81. The second kappa shape index (κ2) is 8.50. The minimum absolute atomic E-state index is 0.710. The molecule has 3 nitrogen and oxygen atoms in total. The van der Waals surface area contributed by atoms with Gasteiger partial charge in [-0.3, -0.25) is 4.90 Å². The summed E-state index contributed by atoms with van der Waals surface area (Å²) < 4.78 is 0. The molecule has 1 saturated carbocycles. The third-order valence-electron chi connectivity index (χ3n) is 5.81. The largest absolute Gasteiger partial charge is 0.317 e. The molecule has 0 aromatic rings. The molecule has 3 heteroatoms. The lowest BCUT2D eigenvalue weighted by atomic mass is 9.76. The zero-order valence-corrected chi connectivity index (χ0v) is 14.8. The summed E-state index contributed by atoms with van der Waals surface area (Å²) in [5, 5.41) is 3.61. The second-order valence-electron chi connectivity index (χ2n) is 7.58. The smallest absolute Gasteiger partial charge is 0.0194 e. The van der Waals surface area contributed by atoms with Gasteiger partial charge in [-0.1, -0.05) is 19.8 Å². The van der Waals surface area contributed by atoms with Crippen LogP contribution in [-0.4, -0.2) is 62.2 Å². The zero-order valence-electron chi connectivity index (χ0n) is 14.8. The molecule has 0 aromatic carbocycles. The van der Waals surface area contributed by atoms with Gasteiger partial charge in [-0.2, -0.15) is 0 Å². The molecular weight excluding hydrogens is 258 g/mol. The quantitative estimate of drug-likeness (QED) is 0.841. The number of hydrogen-bond donors (Lipinski definition) is 1. The lowest BCUT2D eigenvalue weighted by Gasteiger charge is -2.40. The van der Waals surface area contributed by atoms with Gasteiger partial charge in [0, 0.05) is 25.2 Å². The van der Waals surface area contributed by atoms with Gasteiger partial charge in [0.2, 0.25) is 0 Å². The Bertz CT molecular complexity index is 294. The van der Waals surface area contributed by atoms with E-state index in [-0.39, 0.29) is 0 Å². The lowest BCUT2D eigenvalue weighted by molar-refractivity contribution is 0.115. The molecule has 4 atom stereocenters. The van der Waals surface area contributed by atoms with E-state index < -0.39 is 0 Å². The number of hydrogen-bond acceptors (Lipinski definition) is 3. The monoisotopic (exact) mass is 295 g/mol. The fourth-order valence-corrected chi connectivity index (χ4v) is 4.61. The molecule has 1 aliphatic heterocycles. The fourth-order valence-electron chi connectivity index (χ4n) is 4.61. The summed E-state index contributed by atoms with van der Waals surface area (Å²) in [4.78, 5) is 5.27. The Morgan fingerprint density at radius 1 is 1.19 bits per heavy atom. The van der Waals surface area contributed by atoms with Gasteiger partial charge >= 0.3 is 0 Å². The van der Waals surface area contributed by atoms with Crippen LogP contribution in [0.3, 0.4) is 0 Å². The van der Waals surface area contributed by atoms with E-state index in [4.69, 9.17) is 0 Å². The first-order valence-corrected chi connectivity index (χ1v) is 9.23. The van der Waals surface area contributed by atoms with Crippen molar-refractivity contribution in [3.05, 3.63) is 0 Å². The fraction of sp³-hybridized carbons (Fsp3) is 1.00. The van der Waals surface area contributed by atoms with Crippen LogP contribution in [0, 0.1) is 11.8 Å². The van der Waals surface area contributed by atoms with Crippen LogP contribution in [0.25, 0.3) is 0 Å². The Morgan fingerprint density at radius 3 is 2.71 bits per heavy atom. The van der Waals surface area contributed by atoms with Crippen molar-refractivity contribution in [1.82, 2.24) is 15.1 Å². The van der Waals surface area contributed by atoms with E-state index in [9.17, 15) is 0 Å². The minimum Gasteiger partial charge on any atom is -0.317 e. The Balaban J connectivity index is 1.93. The molecule has 0 bridgehead atoms. The van der Waals surface area contributed by atoms with E-state index in [1.165, 1.54) is 64.7 Å². The number of likely N-dealkylation sites (N-methyl/N-ethyl adjacent to an activating group) is 1. The average Bonchev–Trinajstić information content (AvgIpc) is 2.61. The Labute approximate surface area is 132 Å². The van der Waals surface area contributed by atoms with Gasteiger partial charge in [-0.25, -0.2) is 0 Å². The molecule has 0 amide bonds. The number of nitrogens with zero attached hydrogens (tertiary/aromatic N) is 2. The summed E-state index contributed by atoms with van der Waals surface area (Å²) >= 11 is 0. The van der Waals surface area contributed by atoms with Crippen LogP contribution in [0.4, 0.5) is 0 Å². The van der Waals surface area contributed by atoms with E-state index in [1.807, 2.05) is 0 Å². The molecule has 0 aromatic heterocycles. The summed E-state index contributed by atoms with van der Waals surface area (Å²) in [5.74, 6) is 1.83. The van der Waals surface area contributed by atoms with E-state index in [0.717, 1.165) is 17.9 Å². The third kappa shape index (κ3) is 4.94. The van der Waals surface area contributed by atoms with E-state index in [2.05, 4.69) is 43.1 Å². The van der Waals surface area contributed by atoms with Gasteiger partial charge in [0.15, 0.2) is 0 Å². The molecule has 4 unspecified atom stereocenters. The van der Waals surface area contributed by atoms with Crippen molar-refractivity contribution in [2.45, 2.75) is 64.5 Å². The first kappa shape index (κ1) is 17.2. The van der Waals surface area contributed by atoms with E-state index >= 15 is 0 Å². The van der Waals surface area contributed by atoms with Crippen LogP contribution < -0.4 is 5.32 Å². The molecule has 124 valence electrons. The minimum atomic E-state index is 0.710. The molecule has 2 aliphatic rings. The summed E-state index contributed by atoms with van der Waals surface area (Å²) in [6.07, 6.45) is 8.38. The van der Waals surface area contributed by atoms with Crippen molar-refractivity contribution in [2.24, 2.45) is 11.8 Å². The van der Waals surface area contributed by atoms with Gasteiger partial charge in [-0.05, 0) is 71.6 Å². The SMILES string of the molecule is CCCC1CCC(NC)C(CN2CCCN(C)CC2C)C1. The Hall–Kier alpha value is -0.120. The van der Waals surface area contributed by atoms with Gasteiger partial charge in [0.05, 0.1) is 0 Å². The number of rotatable bonds is 5. The molecular formula is C18H37N3. The molecule has 2 fully saturated rings. The van der Waals surface area contributed by atoms with Gasteiger partial charge in [0.1, 0.15) is 0 Å². The highest BCUT2D eigenvalue weighted by atomic mass is 15.2. The second-order valence-corrected chi connectivity index (χ2v) is 7.58. The molecule has 21 heavy (non-hydrogen) atoms. The van der Waals surface area contributed by atoms with Gasteiger partial charge in [-0.15, -0.1) is 0 Å². The van der Waals surface area contributed by atoms with Crippen molar-refractivity contribution < 1.29 is 0 Å². The average molecular weight is 296 g/mol. The van der Waals surface area contributed by atoms with Crippen LogP contribution in [0.1, 0.15) is 52.4 Å². The van der Waals surface area contributed by atoms with Crippen molar-refractivity contribution in [3.8, 4) is 0 Å². The molecule has 1 saturated heterocycles. The molecule has 1 heterocycles. The van der Waals surface area contributed by atoms with Crippen molar-refractivity contribution in [2.75, 3.05) is 40.3 Å². The standard InChI is InChI=1S/C18H37N3/c1-5-7-16-8-9-18(19-3)17(12-16)14-21-11-6-10-20(4)13-15(21)2/h15-19H,5-14H2,1-4H3. The van der Waals surface area contributed by atoms with Crippen LogP contribution in [0.5, 0.6) is 0 Å². The van der Waals surface area contributed by atoms with Crippen LogP contribution in [-0.2, 0) is 0 Å². The molecule has 2 rings (SSSR count). The summed E-state index contributed by atoms with van der Waals surface area (Å²) in [6.45, 7) is 9.85. The first-order valence-electron chi connectivity index (χ1n) is 9.23. The Morgan fingerprint density at radius 2 is 2.00 bits per heavy atom. The van der Waals surface area contributed by atoms with E-state index in [1.54, 1.807) is 0 Å². The van der Waals surface area contributed by atoms with Crippen LogP contribution >= 0.6 is 0 Å². The van der Waals surface area contributed by atoms with Gasteiger partial charge < -0.3 is 10.2 Å². The summed E-state index contributed by atoms with van der Waals surface area (Å²) in [7, 11) is 4.44. The number of nitrogens with one attached hydrogen (secondary N) is 1. The molecule has 0 spiro atoms. The maximum atomic E-state index is 3.61. The summed E-state index contributed by atoms with van der Waals surface area (Å²) in [5.41, 5.74) is 0. The highest BCUT2D eigenvalue weighted by Gasteiger charge is 2.32. The highest BCUT2D eigenvalue weighted by Crippen LogP contribution is 2.33. The topological polar surface area (TPSA) is 18.5 Å². The highest BCUT2D eigenvalue weighted by molar-refractivity contribution is 4.88. The van der Waals surface area contributed by atoms with Gasteiger partial charge in [0.25, 0.3) is 0 Å². The predicted octanol–water partition coefficient (Wildman–Crippen LogP) is 2.82. The first-order chi connectivity index (χ1) is 10.1. The predicted molar refractivity (Wildman–Crippen MR) is 91.7 cm³/mol. The van der Waals surface area contributed by atoms with Crippen molar-refractivity contribution in [3.63, 3.8) is 0 Å². The van der Waals surface area contributed by atoms with Crippen molar-refractivity contribution in [1.29, 1.82) is 0 Å². The molecule has 1 aliphatic carbocycles. The van der Waals surface area contributed by atoms with E-state index in [0.29, 0.717) is 6.04 Å². The maximum Gasteiger partial charge on any atom is 0.0194 e.